The van der Waals surface area contributed by atoms with Crippen LogP contribution in [0.2, 0.25) is 0 Å². The Morgan fingerprint density at radius 3 is 2.85 bits per heavy atom. The highest BCUT2D eigenvalue weighted by molar-refractivity contribution is 5.47. The third kappa shape index (κ3) is 3.34. The molecule has 0 bridgehead atoms. The van der Waals surface area contributed by atoms with Crippen molar-refractivity contribution in [1.82, 2.24) is 15.0 Å². The third-order valence-corrected chi connectivity index (χ3v) is 2.84. The smallest absolute Gasteiger partial charge is 0.221 e. The first-order chi connectivity index (χ1) is 9.74. The molecule has 0 fully saturated rings. The van der Waals surface area contributed by atoms with Gasteiger partial charge in [-0.15, -0.1) is 0 Å². The number of aromatic nitrogens is 3. The summed E-state index contributed by atoms with van der Waals surface area (Å²) in [7, 11) is 0. The third-order valence-electron chi connectivity index (χ3n) is 2.84. The molecule has 0 spiro atoms. The predicted molar refractivity (Wildman–Crippen MR) is 78.6 cm³/mol. The van der Waals surface area contributed by atoms with Crippen molar-refractivity contribution in [3.8, 4) is 5.88 Å². The van der Waals surface area contributed by atoms with Gasteiger partial charge in [0, 0.05) is 30.1 Å². The second kappa shape index (κ2) is 6.70. The van der Waals surface area contributed by atoms with Gasteiger partial charge >= 0.3 is 0 Å². The average Bonchev–Trinajstić information content (AvgIpc) is 2.47. The average molecular weight is 273 g/mol. The van der Waals surface area contributed by atoms with Gasteiger partial charge in [0.1, 0.15) is 5.82 Å². The van der Waals surface area contributed by atoms with Crippen molar-refractivity contribution in [1.29, 1.82) is 0 Å². The number of nitrogens with two attached hydrogens (primary N) is 1. The standard InChI is InChI=1S/C14H19N5O/c1-3-10-8-18-14(15)19-12(10)17-9-11-6-5-7-16-13(11)20-4-2/h5-8H,3-4,9H2,1-2H3,(H3,15,17,18,19). The first-order valence-electron chi connectivity index (χ1n) is 6.66. The number of rotatable bonds is 6. The van der Waals surface area contributed by atoms with Gasteiger partial charge in [-0.05, 0) is 19.4 Å². The minimum Gasteiger partial charge on any atom is -0.478 e. The molecule has 0 radical (unpaired) electrons. The highest BCUT2D eigenvalue weighted by Gasteiger charge is 2.07. The summed E-state index contributed by atoms with van der Waals surface area (Å²) in [4.78, 5) is 12.5. The van der Waals surface area contributed by atoms with E-state index in [4.69, 9.17) is 10.5 Å². The molecule has 0 saturated carbocycles. The lowest BCUT2D eigenvalue weighted by Crippen LogP contribution is -2.09. The van der Waals surface area contributed by atoms with E-state index in [1.54, 1.807) is 12.4 Å². The summed E-state index contributed by atoms with van der Waals surface area (Å²) >= 11 is 0. The fourth-order valence-electron chi connectivity index (χ4n) is 1.84. The summed E-state index contributed by atoms with van der Waals surface area (Å²) in [6, 6.07) is 3.86. The number of nitrogens with one attached hydrogen (secondary N) is 1. The molecule has 106 valence electrons. The molecule has 0 unspecified atom stereocenters. The molecule has 6 nitrogen and oxygen atoms in total. The maximum absolute atomic E-state index is 5.63. The summed E-state index contributed by atoms with van der Waals surface area (Å²) in [6.07, 6.45) is 4.31. The zero-order valence-corrected chi connectivity index (χ0v) is 11.8. The van der Waals surface area contributed by atoms with E-state index in [0.29, 0.717) is 19.0 Å². The van der Waals surface area contributed by atoms with Crippen LogP contribution in [-0.4, -0.2) is 21.6 Å². The lowest BCUT2D eigenvalue weighted by Gasteiger charge is -2.12. The van der Waals surface area contributed by atoms with Crippen LogP contribution in [0.4, 0.5) is 11.8 Å². The summed E-state index contributed by atoms with van der Waals surface area (Å²) in [6.45, 7) is 5.15. The van der Waals surface area contributed by atoms with E-state index in [-0.39, 0.29) is 5.95 Å². The van der Waals surface area contributed by atoms with Crippen LogP contribution < -0.4 is 15.8 Å². The Bertz CT molecular complexity index is 573. The minimum atomic E-state index is 0.265. The monoisotopic (exact) mass is 273 g/mol. The number of hydrogen-bond donors (Lipinski definition) is 2. The van der Waals surface area contributed by atoms with Gasteiger partial charge < -0.3 is 15.8 Å². The molecule has 0 aliphatic heterocycles. The normalized spacial score (nSPS) is 10.3. The molecule has 2 heterocycles. The van der Waals surface area contributed by atoms with Crippen LogP contribution in [0.25, 0.3) is 0 Å². The number of hydrogen-bond acceptors (Lipinski definition) is 6. The molecule has 6 heteroatoms. The van der Waals surface area contributed by atoms with Gasteiger partial charge in [0.25, 0.3) is 0 Å². The van der Waals surface area contributed by atoms with E-state index in [1.807, 2.05) is 19.1 Å². The van der Waals surface area contributed by atoms with Crippen LogP contribution in [0.1, 0.15) is 25.0 Å². The fourth-order valence-corrected chi connectivity index (χ4v) is 1.84. The van der Waals surface area contributed by atoms with Gasteiger partial charge in [0.2, 0.25) is 11.8 Å². The molecule has 0 aliphatic carbocycles. The van der Waals surface area contributed by atoms with Crippen LogP contribution in [0.3, 0.4) is 0 Å². The highest BCUT2D eigenvalue weighted by Crippen LogP contribution is 2.18. The molecular weight excluding hydrogens is 254 g/mol. The van der Waals surface area contributed by atoms with E-state index in [1.165, 1.54) is 0 Å². The van der Waals surface area contributed by atoms with Gasteiger partial charge in [-0.3, -0.25) is 0 Å². The molecule has 3 N–H and O–H groups in total. The van der Waals surface area contributed by atoms with E-state index >= 15 is 0 Å². The molecular formula is C14H19N5O. The topological polar surface area (TPSA) is 86.0 Å². The lowest BCUT2D eigenvalue weighted by atomic mass is 10.2. The molecule has 2 rings (SSSR count). The van der Waals surface area contributed by atoms with Crippen LogP contribution in [0.15, 0.2) is 24.5 Å². The zero-order chi connectivity index (χ0) is 14.4. The number of ether oxygens (including phenoxy) is 1. The van der Waals surface area contributed by atoms with Crippen LogP contribution in [0, 0.1) is 0 Å². The predicted octanol–water partition coefficient (Wildman–Crippen LogP) is 2.03. The molecule has 0 amide bonds. The Morgan fingerprint density at radius 2 is 2.10 bits per heavy atom. The quantitative estimate of drug-likeness (QED) is 0.837. The summed E-state index contributed by atoms with van der Waals surface area (Å²) in [5.74, 6) is 1.66. The second-order valence-electron chi connectivity index (χ2n) is 4.21. The van der Waals surface area contributed by atoms with Crippen molar-refractivity contribution in [3.05, 3.63) is 35.7 Å². The highest BCUT2D eigenvalue weighted by atomic mass is 16.5. The van der Waals surface area contributed by atoms with Gasteiger partial charge in [0.05, 0.1) is 6.61 Å². The van der Waals surface area contributed by atoms with E-state index in [9.17, 15) is 0 Å². The summed E-state index contributed by atoms with van der Waals surface area (Å²) in [5, 5.41) is 3.27. The van der Waals surface area contributed by atoms with Crippen LogP contribution >= 0.6 is 0 Å². The fraction of sp³-hybridized carbons (Fsp3) is 0.357. The Hall–Kier alpha value is -2.37. The number of pyridine rings is 1. The molecule has 2 aromatic rings. The first kappa shape index (κ1) is 14.0. The van der Waals surface area contributed by atoms with Crippen molar-refractivity contribution in [2.45, 2.75) is 26.8 Å². The Balaban J connectivity index is 2.14. The van der Waals surface area contributed by atoms with Crippen molar-refractivity contribution in [3.63, 3.8) is 0 Å². The molecule has 0 aliphatic rings. The van der Waals surface area contributed by atoms with Gasteiger partial charge in [0.15, 0.2) is 0 Å². The molecule has 20 heavy (non-hydrogen) atoms. The number of nitrogen functional groups attached to an aromatic ring is 1. The Kier molecular flexibility index (Phi) is 4.70. The van der Waals surface area contributed by atoms with E-state index < -0.39 is 0 Å². The van der Waals surface area contributed by atoms with Gasteiger partial charge in [-0.2, -0.15) is 4.98 Å². The van der Waals surface area contributed by atoms with E-state index in [0.717, 1.165) is 23.4 Å². The van der Waals surface area contributed by atoms with Crippen molar-refractivity contribution < 1.29 is 4.74 Å². The molecule has 0 aromatic carbocycles. The second-order valence-corrected chi connectivity index (χ2v) is 4.21. The maximum atomic E-state index is 5.63. The van der Waals surface area contributed by atoms with E-state index in [2.05, 4.69) is 27.2 Å². The van der Waals surface area contributed by atoms with Gasteiger partial charge in [-0.1, -0.05) is 13.0 Å². The van der Waals surface area contributed by atoms with Crippen molar-refractivity contribution in [2.24, 2.45) is 0 Å². The molecule has 2 aromatic heterocycles. The zero-order valence-electron chi connectivity index (χ0n) is 11.8. The minimum absolute atomic E-state index is 0.265. The summed E-state index contributed by atoms with van der Waals surface area (Å²) in [5.41, 5.74) is 7.64. The Morgan fingerprint density at radius 1 is 1.25 bits per heavy atom. The molecule has 0 saturated heterocycles. The Labute approximate surface area is 118 Å². The number of aryl methyl sites for hydroxylation is 1. The van der Waals surface area contributed by atoms with Crippen LogP contribution in [-0.2, 0) is 13.0 Å². The van der Waals surface area contributed by atoms with Gasteiger partial charge in [-0.25, -0.2) is 9.97 Å². The van der Waals surface area contributed by atoms with Crippen LogP contribution in [0.5, 0.6) is 5.88 Å². The summed E-state index contributed by atoms with van der Waals surface area (Å²) < 4.78 is 5.50. The van der Waals surface area contributed by atoms with Crippen molar-refractivity contribution >= 4 is 11.8 Å². The number of nitrogens with zero attached hydrogens (tertiary/aromatic N) is 3. The lowest BCUT2D eigenvalue weighted by molar-refractivity contribution is 0.323. The molecule has 0 atom stereocenters. The number of anilines is 2. The SMILES string of the molecule is CCOc1ncccc1CNc1nc(N)ncc1CC. The largest absolute Gasteiger partial charge is 0.478 e. The first-order valence-corrected chi connectivity index (χ1v) is 6.66. The maximum Gasteiger partial charge on any atom is 0.221 e. The van der Waals surface area contributed by atoms with Crippen molar-refractivity contribution in [2.75, 3.05) is 17.7 Å².